The maximum Gasteiger partial charge on any atom is 0.204 e. The van der Waals surface area contributed by atoms with E-state index in [1.54, 1.807) is 44.3 Å². The van der Waals surface area contributed by atoms with Gasteiger partial charge in [0.15, 0.2) is 11.5 Å². The highest BCUT2D eigenvalue weighted by atomic mass is 16.5. The summed E-state index contributed by atoms with van der Waals surface area (Å²) in [7, 11) is 1.58. The zero-order chi connectivity index (χ0) is 34.0. The molecule has 0 aliphatic carbocycles. The molecular formula is C38H46N4O6. The fourth-order valence-electron chi connectivity index (χ4n) is 5.66. The topological polar surface area (TPSA) is 114 Å². The van der Waals surface area contributed by atoms with Gasteiger partial charge in [-0.2, -0.15) is 0 Å². The third-order valence-electron chi connectivity index (χ3n) is 8.20. The highest BCUT2D eigenvalue weighted by Gasteiger charge is 2.24. The summed E-state index contributed by atoms with van der Waals surface area (Å²) in [5.74, 6) is 1.36. The largest absolute Gasteiger partial charge is 0.507 e. The maximum absolute atomic E-state index is 14.4. The van der Waals surface area contributed by atoms with Crippen molar-refractivity contribution < 1.29 is 23.7 Å². The summed E-state index contributed by atoms with van der Waals surface area (Å²) in [6, 6.07) is 3.46. The van der Waals surface area contributed by atoms with Crippen LogP contribution in [0.1, 0.15) is 64.5 Å². The van der Waals surface area contributed by atoms with Crippen LogP contribution < -0.4 is 19.6 Å². The van der Waals surface area contributed by atoms with E-state index in [-0.39, 0.29) is 22.1 Å². The zero-order valence-corrected chi connectivity index (χ0v) is 28.6. The molecule has 0 aliphatic rings. The number of hydrogen-bond acceptors (Lipinski definition) is 8. The monoisotopic (exact) mass is 654 g/mol. The molecule has 10 heteroatoms. The molecule has 0 saturated carbocycles. The molecule has 0 atom stereocenters. The summed E-state index contributed by atoms with van der Waals surface area (Å²) in [5.41, 5.74) is 3.69. The van der Waals surface area contributed by atoms with Crippen LogP contribution in [0.2, 0.25) is 0 Å². The molecule has 1 N–H and O–H groups in total. The Morgan fingerprint density at radius 2 is 1.33 bits per heavy atom. The third-order valence-corrected chi connectivity index (χ3v) is 8.20. The van der Waals surface area contributed by atoms with Crippen LogP contribution in [0.25, 0.3) is 21.9 Å². The maximum atomic E-state index is 14.4. The molecule has 254 valence electrons. The average molecular weight is 655 g/mol. The first-order valence-electron chi connectivity index (χ1n) is 16.6. The Morgan fingerprint density at radius 1 is 0.792 bits per heavy atom. The van der Waals surface area contributed by atoms with Crippen LogP contribution in [-0.2, 0) is 25.9 Å². The van der Waals surface area contributed by atoms with Crippen LogP contribution in [0.3, 0.4) is 0 Å². The number of methoxy groups -OCH3 is 1. The summed E-state index contributed by atoms with van der Waals surface area (Å²) in [5, 5.41) is 12.2. The lowest BCUT2D eigenvalue weighted by molar-refractivity contribution is 0.283. The van der Waals surface area contributed by atoms with Gasteiger partial charge >= 0.3 is 0 Å². The van der Waals surface area contributed by atoms with Gasteiger partial charge in [-0.1, -0.05) is 23.3 Å². The molecule has 2 aromatic carbocycles. The van der Waals surface area contributed by atoms with Crippen molar-refractivity contribution in [2.75, 3.05) is 20.3 Å². The van der Waals surface area contributed by atoms with Crippen molar-refractivity contribution in [3.8, 4) is 23.0 Å². The van der Waals surface area contributed by atoms with Crippen molar-refractivity contribution in [3.05, 3.63) is 94.2 Å². The number of aromatic nitrogens is 4. The van der Waals surface area contributed by atoms with E-state index in [4.69, 9.17) is 18.6 Å². The standard InChI is InChI=1S/C38H46N4O6/c1-26(2)10-12-28-30(46-20-8-6-16-41-18-14-39-24-41)22-32-35(36(28)43)37(44)34-29(13-11-27(3)4)38(45-5)33(23-31(34)48-32)47-21-9-7-17-42-19-15-40-25-42/h10-11,14-15,18-19,22-25,43H,6-9,12-13,16-17,20-21H2,1-5H3. The molecule has 0 aliphatic heterocycles. The van der Waals surface area contributed by atoms with Gasteiger partial charge in [0.05, 0.1) is 38.4 Å². The molecule has 3 aromatic heterocycles. The van der Waals surface area contributed by atoms with Crippen molar-refractivity contribution in [2.45, 2.75) is 79.3 Å². The van der Waals surface area contributed by atoms with Crippen LogP contribution in [0.15, 0.2) is 82.1 Å². The molecule has 0 amide bonds. The van der Waals surface area contributed by atoms with E-state index < -0.39 is 0 Å². The normalized spacial score (nSPS) is 11.2. The molecule has 0 saturated heterocycles. The zero-order valence-electron chi connectivity index (χ0n) is 28.6. The average Bonchev–Trinajstić information content (AvgIpc) is 3.77. The minimum atomic E-state index is -0.323. The van der Waals surface area contributed by atoms with Crippen LogP contribution >= 0.6 is 0 Å². The number of imidazole rings is 2. The van der Waals surface area contributed by atoms with Gasteiger partial charge < -0.3 is 32.9 Å². The van der Waals surface area contributed by atoms with Gasteiger partial charge in [0.1, 0.15) is 28.1 Å². The van der Waals surface area contributed by atoms with Crippen LogP contribution in [0, 0.1) is 0 Å². The first kappa shape index (κ1) is 34.3. The van der Waals surface area contributed by atoms with Gasteiger partial charge in [0, 0.05) is 61.1 Å². The third kappa shape index (κ3) is 8.29. The summed E-state index contributed by atoms with van der Waals surface area (Å²) in [4.78, 5) is 22.6. The lowest BCUT2D eigenvalue weighted by atomic mass is 9.98. The molecule has 3 heterocycles. The van der Waals surface area contributed by atoms with E-state index >= 15 is 0 Å². The van der Waals surface area contributed by atoms with E-state index in [9.17, 15) is 9.90 Å². The predicted molar refractivity (Wildman–Crippen MR) is 188 cm³/mol. The smallest absolute Gasteiger partial charge is 0.204 e. The number of nitrogens with zero attached hydrogens (tertiary/aromatic N) is 4. The number of phenolic OH excluding ortho intramolecular Hbond substituents is 1. The van der Waals surface area contributed by atoms with E-state index in [2.05, 4.69) is 9.97 Å². The molecule has 5 aromatic rings. The number of allylic oxidation sites excluding steroid dienone is 4. The van der Waals surface area contributed by atoms with Gasteiger partial charge in [-0.25, -0.2) is 9.97 Å². The SMILES string of the molecule is COc1c(OCCCCn2ccnc2)cc2oc3cc(OCCCCn4ccnc4)c(CC=C(C)C)c(O)c3c(=O)c2c1CC=C(C)C. The fraction of sp³-hybridized carbons (Fsp3) is 0.395. The van der Waals surface area contributed by atoms with E-state index in [1.807, 2.05) is 61.4 Å². The fourth-order valence-corrected chi connectivity index (χ4v) is 5.66. The summed E-state index contributed by atoms with van der Waals surface area (Å²) in [6.45, 7) is 10.6. The van der Waals surface area contributed by atoms with E-state index in [0.717, 1.165) is 49.9 Å². The number of fused-ring (bicyclic) bond motifs is 2. The molecule has 0 fully saturated rings. The van der Waals surface area contributed by atoms with Gasteiger partial charge in [-0.05, 0) is 66.2 Å². The Hall–Kier alpha value is -4.99. The molecular weight excluding hydrogens is 608 g/mol. The summed E-state index contributed by atoms with van der Waals surface area (Å²) in [6.07, 6.45) is 19.3. The number of ether oxygens (including phenoxy) is 3. The van der Waals surface area contributed by atoms with Crippen molar-refractivity contribution >= 4 is 21.9 Å². The Bertz CT molecular complexity index is 1930. The van der Waals surface area contributed by atoms with Gasteiger partial charge in [-0.15, -0.1) is 0 Å². The van der Waals surface area contributed by atoms with Crippen LogP contribution in [0.5, 0.6) is 23.0 Å². The number of benzene rings is 2. The molecule has 0 spiro atoms. The second-order valence-electron chi connectivity index (χ2n) is 12.4. The lowest BCUT2D eigenvalue weighted by Crippen LogP contribution is -2.10. The Balaban J connectivity index is 1.52. The quantitative estimate of drug-likeness (QED) is 0.0614. The van der Waals surface area contributed by atoms with Crippen molar-refractivity contribution in [2.24, 2.45) is 0 Å². The highest BCUT2D eigenvalue weighted by molar-refractivity contribution is 5.98. The number of aryl methyl sites for hydroxylation is 2. The molecule has 0 unspecified atom stereocenters. The number of rotatable bonds is 17. The number of hydrogen-bond donors (Lipinski definition) is 1. The van der Waals surface area contributed by atoms with Crippen molar-refractivity contribution in [3.63, 3.8) is 0 Å². The van der Waals surface area contributed by atoms with Crippen LogP contribution in [-0.4, -0.2) is 44.5 Å². The van der Waals surface area contributed by atoms with Gasteiger partial charge in [0.25, 0.3) is 0 Å². The lowest BCUT2D eigenvalue weighted by Gasteiger charge is -2.18. The molecule has 10 nitrogen and oxygen atoms in total. The summed E-state index contributed by atoms with van der Waals surface area (Å²) >= 11 is 0. The molecule has 0 radical (unpaired) electrons. The van der Waals surface area contributed by atoms with Crippen molar-refractivity contribution in [1.82, 2.24) is 19.1 Å². The minimum Gasteiger partial charge on any atom is -0.507 e. The highest BCUT2D eigenvalue weighted by Crippen LogP contribution is 2.41. The Kier molecular flexibility index (Phi) is 11.6. The number of phenols is 1. The number of aromatic hydroxyl groups is 1. The summed E-state index contributed by atoms with van der Waals surface area (Å²) < 4.78 is 28.9. The first-order chi connectivity index (χ1) is 23.3. The predicted octanol–water partition coefficient (Wildman–Crippen LogP) is 7.79. The molecule has 5 rings (SSSR count). The Labute approximate surface area is 281 Å². The van der Waals surface area contributed by atoms with E-state index in [0.29, 0.717) is 65.4 Å². The molecule has 48 heavy (non-hydrogen) atoms. The Morgan fingerprint density at radius 3 is 1.88 bits per heavy atom. The van der Waals surface area contributed by atoms with E-state index in [1.165, 1.54) is 0 Å². The van der Waals surface area contributed by atoms with Crippen LogP contribution in [0.4, 0.5) is 0 Å². The van der Waals surface area contributed by atoms with Gasteiger partial charge in [0.2, 0.25) is 5.43 Å². The number of unbranched alkanes of at least 4 members (excludes halogenated alkanes) is 2. The van der Waals surface area contributed by atoms with Crippen molar-refractivity contribution in [1.29, 1.82) is 0 Å². The minimum absolute atomic E-state index is 0.126. The second-order valence-corrected chi connectivity index (χ2v) is 12.4. The second kappa shape index (κ2) is 16.2. The molecule has 0 bridgehead atoms. The van der Waals surface area contributed by atoms with Gasteiger partial charge in [-0.3, -0.25) is 4.79 Å². The first-order valence-corrected chi connectivity index (χ1v) is 16.6.